The van der Waals surface area contributed by atoms with Crippen molar-refractivity contribution in [3.05, 3.63) is 53.9 Å². The predicted molar refractivity (Wildman–Crippen MR) is 84.6 cm³/mol. The summed E-state index contributed by atoms with van der Waals surface area (Å²) in [6, 6.07) is 9.94. The van der Waals surface area contributed by atoms with Gasteiger partial charge in [-0.1, -0.05) is 19.1 Å². The van der Waals surface area contributed by atoms with Crippen molar-refractivity contribution in [3.63, 3.8) is 0 Å². The molecule has 0 radical (unpaired) electrons. The van der Waals surface area contributed by atoms with E-state index in [4.69, 9.17) is 0 Å². The Balaban J connectivity index is 2.46. The van der Waals surface area contributed by atoms with E-state index in [1.54, 1.807) is 6.20 Å². The number of nitrogens with zero attached hydrogens (tertiary/aromatic N) is 3. The van der Waals surface area contributed by atoms with Crippen LogP contribution in [0.5, 0.6) is 0 Å². The third-order valence-electron chi connectivity index (χ3n) is 2.85. The molecular weight excluding hydrogens is 246 g/mol. The molecule has 102 valence electrons. The quantitative estimate of drug-likeness (QED) is 0.773. The van der Waals surface area contributed by atoms with Crippen molar-refractivity contribution in [2.45, 2.75) is 27.2 Å². The van der Waals surface area contributed by atoms with Crippen LogP contribution in [-0.4, -0.2) is 16.2 Å². The smallest absolute Gasteiger partial charge is 0.0896 e. The van der Waals surface area contributed by atoms with E-state index in [1.165, 1.54) is 0 Å². The lowest BCUT2D eigenvalue weighted by atomic mass is 10.1. The Labute approximate surface area is 120 Å². The number of hydrogen-bond acceptors (Lipinski definition) is 3. The highest BCUT2D eigenvalue weighted by Gasteiger charge is 2.06. The highest BCUT2D eigenvalue weighted by Crippen LogP contribution is 2.21. The van der Waals surface area contributed by atoms with E-state index in [-0.39, 0.29) is 0 Å². The minimum Gasteiger partial charge on any atom is -0.259 e. The van der Waals surface area contributed by atoms with Crippen molar-refractivity contribution < 1.29 is 0 Å². The molecule has 0 unspecified atom stereocenters. The molecule has 0 spiro atoms. The number of allylic oxidation sites excluding steroid dienone is 1. The summed E-state index contributed by atoms with van der Waals surface area (Å²) >= 11 is 0. The molecule has 0 N–H and O–H groups in total. The summed E-state index contributed by atoms with van der Waals surface area (Å²) < 4.78 is 0. The minimum atomic E-state index is 0.881. The summed E-state index contributed by atoms with van der Waals surface area (Å²) in [6.45, 7) is 6.11. The molecule has 2 rings (SSSR count). The normalized spacial score (nSPS) is 12.1. The maximum absolute atomic E-state index is 4.68. The Hall–Kier alpha value is -2.29. The van der Waals surface area contributed by atoms with Gasteiger partial charge >= 0.3 is 0 Å². The highest BCUT2D eigenvalue weighted by molar-refractivity contribution is 5.73. The second kappa shape index (κ2) is 6.75. The summed E-state index contributed by atoms with van der Waals surface area (Å²) in [5.74, 6) is 0. The van der Waals surface area contributed by atoms with Gasteiger partial charge in [-0.3, -0.25) is 9.98 Å². The molecule has 0 saturated carbocycles. The Bertz CT molecular complexity index is 628. The molecule has 2 aromatic heterocycles. The first-order valence-electron chi connectivity index (χ1n) is 6.84. The van der Waals surface area contributed by atoms with Crippen LogP contribution in [0.2, 0.25) is 0 Å². The van der Waals surface area contributed by atoms with Crippen molar-refractivity contribution in [2.75, 3.05) is 0 Å². The topological polar surface area (TPSA) is 38.1 Å². The molecule has 0 atom stereocenters. The van der Waals surface area contributed by atoms with E-state index < -0.39 is 0 Å². The summed E-state index contributed by atoms with van der Waals surface area (Å²) in [4.78, 5) is 13.5. The van der Waals surface area contributed by atoms with Crippen molar-refractivity contribution >= 4 is 11.9 Å². The van der Waals surface area contributed by atoms with E-state index in [9.17, 15) is 0 Å². The molecule has 0 aliphatic rings. The van der Waals surface area contributed by atoms with Crippen molar-refractivity contribution in [2.24, 2.45) is 4.99 Å². The monoisotopic (exact) mass is 265 g/mol. The molecule has 3 nitrogen and oxygen atoms in total. The van der Waals surface area contributed by atoms with Crippen LogP contribution >= 0.6 is 0 Å². The van der Waals surface area contributed by atoms with E-state index >= 15 is 0 Å². The van der Waals surface area contributed by atoms with Gasteiger partial charge in [-0.15, -0.1) is 0 Å². The lowest BCUT2D eigenvalue weighted by Gasteiger charge is -2.06. The van der Waals surface area contributed by atoms with Crippen molar-refractivity contribution in [1.29, 1.82) is 0 Å². The van der Waals surface area contributed by atoms with Crippen molar-refractivity contribution in [1.82, 2.24) is 9.97 Å². The average molecular weight is 265 g/mol. The zero-order valence-electron chi connectivity index (χ0n) is 12.2. The van der Waals surface area contributed by atoms with Crippen LogP contribution in [0.1, 0.15) is 31.5 Å². The fourth-order valence-electron chi connectivity index (χ4n) is 1.92. The summed E-state index contributed by atoms with van der Waals surface area (Å²) in [5.41, 5.74) is 4.70. The van der Waals surface area contributed by atoms with Crippen LogP contribution < -0.4 is 0 Å². The van der Waals surface area contributed by atoms with Gasteiger partial charge in [0.2, 0.25) is 0 Å². The van der Waals surface area contributed by atoms with Crippen LogP contribution in [0.15, 0.2) is 47.6 Å². The molecule has 0 amide bonds. The molecule has 0 aromatic carbocycles. The summed E-state index contributed by atoms with van der Waals surface area (Å²) in [7, 11) is 0. The number of aryl methyl sites for hydroxylation is 1. The van der Waals surface area contributed by atoms with E-state index in [0.717, 1.165) is 34.8 Å². The van der Waals surface area contributed by atoms with Gasteiger partial charge < -0.3 is 0 Å². The Morgan fingerprint density at radius 3 is 2.75 bits per heavy atom. The van der Waals surface area contributed by atoms with E-state index in [2.05, 4.69) is 34.9 Å². The third-order valence-corrected chi connectivity index (χ3v) is 2.85. The van der Waals surface area contributed by atoms with Gasteiger partial charge in [0.1, 0.15) is 0 Å². The standard InChI is InChI=1S/C17H19N3/c1-4-9-18-14(5-2)16-11-13(3)12-17(20-16)15-8-6-7-10-19-15/h5-12H,4H2,1-3H3/b14-5-,18-9?. The zero-order chi connectivity index (χ0) is 14.4. The summed E-state index contributed by atoms with van der Waals surface area (Å²) in [5, 5.41) is 0. The first kappa shape index (κ1) is 14.1. The van der Waals surface area contributed by atoms with Crippen LogP contribution in [0.4, 0.5) is 0 Å². The molecule has 0 aliphatic heterocycles. The minimum absolute atomic E-state index is 0.881. The summed E-state index contributed by atoms with van der Waals surface area (Å²) in [6.07, 6.45) is 6.58. The number of pyridine rings is 2. The maximum atomic E-state index is 4.68. The first-order valence-corrected chi connectivity index (χ1v) is 6.84. The lowest BCUT2D eigenvalue weighted by molar-refractivity contribution is 1.19. The number of aliphatic imine (C=N–C) groups is 1. The Morgan fingerprint density at radius 1 is 1.25 bits per heavy atom. The average Bonchev–Trinajstić information content (AvgIpc) is 2.48. The molecule has 0 saturated heterocycles. The van der Waals surface area contributed by atoms with Crippen LogP contribution in [0, 0.1) is 6.92 Å². The molecule has 2 aromatic rings. The largest absolute Gasteiger partial charge is 0.259 e. The molecule has 0 aliphatic carbocycles. The second-order valence-electron chi connectivity index (χ2n) is 4.52. The first-order chi connectivity index (χ1) is 9.74. The van der Waals surface area contributed by atoms with E-state index in [1.807, 2.05) is 43.5 Å². The number of aromatic nitrogens is 2. The van der Waals surface area contributed by atoms with Gasteiger partial charge in [0.25, 0.3) is 0 Å². The zero-order valence-corrected chi connectivity index (χ0v) is 12.2. The van der Waals surface area contributed by atoms with Crippen molar-refractivity contribution in [3.8, 4) is 11.4 Å². The van der Waals surface area contributed by atoms with Gasteiger partial charge in [-0.2, -0.15) is 0 Å². The molecule has 3 heteroatoms. The highest BCUT2D eigenvalue weighted by atomic mass is 14.8. The van der Waals surface area contributed by atoms with Crippen LogP contribution in [0.3, 0.4) is 0 Å². The lowest BCUT2D eigenvalue weighted by Crippen LogP contribution is -1.94. The van der Waals surface area contributed by atoms with Crippen LogP contribution in [-0.2, 0) is 0 Å². The molecule has 0 bridgehead atoms. The fourth-order valence-corrected chi connectivity index (χ4v) is 1.92. The maximum Gasteiger partial charge on any atom is 0.0896 e. The second-order valence-corrected chi connectivity index (χ2v) is 4.52. The van der Waals surface area contributed by atoms with Gasteiger partial charge in [0.15, 0.2) is 0 Å². The molecule has 20 heavy (non-hydrogen) atoms. The molecular formula is C17H19N3. The Kier molecular flexibility index (Phi) is 4.77. The van der Waals surface area contributed by atoms with Gasteiger partial charge in [0, 0.05) is 12.4 Å². The van der Waals surface area contributed by atoms with Crippen LogP contribution in [0.25, 0.3) is 17.1 Å². The number of hydrogen-bond donors (Lipinski definition) is 0. The Morgan fingerprint density at radius 2 is 2.10 bits per heavy atom. The van der Waals surface area contributed by atoms with Gasteiger partial charge in [0.05, 0.1) is 22.8 Å². The number of rotatable bonds is 4. The molecule has 0 fully saturated rings. The molecule has 2 heterocycles. The van der Waals surface area contributed by atoms with E-state index in [0.29, 0.717) is 0 Å². The van der Waals surface area contributed by atoms with Gasteiger partial charge in [-0.25, -0.2) is 4.98 Å². The van der Waals surface area contributed by atoms with Gasteiger partial charge in [-0.05, 0) is 50.1 Å². The fraction of sp³-hybridized carbons (Fsp3) is 0.235. The predicted octanol–water partition coefficient (Wildman–Crippen LogP) is 4.29. The third kappa shape index (κ3) is 3.38. The SMILES string of the molecule is C/C=C(\N=CCC)c1cc(C)cc(-c2ccccn2)n1.